The fourth-order valence-corrected chi connectivity index (χ4v) is 8.77. The van der Waals surface area contributed by atoms with Crippen molar-refractivity contribution in [2.75, 3.05) is 27.5 Å². The van der Waals surface area contributed by atoms with E-state index in [1.807, 2.05) is 31.9 Å². The Hall–Kier alpha value is -5.08. The Balaban J connectivity index is 1.52. The number of aryl methyl sites for hydroxylation is 1. The van der Waals surface area contributed by atoms with Crippen LogP contribution in [0.3, 0.4) is 0 Å². The van der Waals surface area contributed by atoms with Crippen LogP contribution in [-0.4, -0.2) is 91.4 Å². The van der Waals surface area contributed by atoms with Crippen molar-refractivity contribution in [1.29, 1.82) is 5.26 Å². The minimum Gasteiger partial charge on any atom is -0.493 e. The number of unbranched alkanes of at least 4 members (excludes halogenated alkanes) is 2. The monoisotopic (exact) mass is 785 g/mol. The molecule has 4 heterocycles. The van der Waals surface area contributed by atoms with Gasteiger partial charge in [0, 0.05) is 54.2 Å². The zero-order valence-corrected chi connectivity index (χ0v) is 32.3. The maximum absolute atomic E-state index is 13.4. The van der Waals surface area contributed by atoms with Crippen LogP contribution >= 0.6 is 0 Å². The van der Waals surface area contributed by atoms with Crippen molar-refractivity contribution >= 4 is 23.8 Å². The second kappa shape index (κ2) is 15.8. The van der Waals surface area contributed by atoms with Crippen LogP contribution in [0.15, 0.2) is 6.07 Å². The molecule has 302 valence electrons. The van der Waals surface area contributed by atoms with Gasteiger partial charge in [-0.05, 0) is 58.2 Å². The average molecular weight is 786 g/mol. The molecule has 2 aromatic carbocycles. The van der Waals surface area contributed by atoms with E-state index < -0.39 is 66.2 Å². The third-order valence-electron chi connectivity index (χ3n) is 11.2. The number of carbonyl (C=O) groups is 4. The summed E-state index contributed by atoms with van der Waals surface area (Å²) in [4.78, 5) is 55.1. The highest BCUT2D eigenvalue weighted by atomic mass is 19.4. The number of likely N-dealkylation sites (N-methyl/N-ethyl adjacent to an activating group) is 1. The van der Waals surface area contributed by atoms with Crippen molar-refractivity contribution in [2.45, 2.75) is 116 Å². The number of benzene rings is 2. The van der Waals surface area contributed by atoms with Gasteiger partial charge in [0.05, 0.1) is 25.3 Å². The van der Waals surface area contributed by atoms with Gasteiger partial charge in [0.1, 0.15) is 17.8 Å². The highest BCUT2D eigenvalue weighted by Crippen LogP contribution is 2.58. The highest BCUT2D eigenvalue weighted by molar-refractivity contribution is 5.89. The largest absolute Gasteiger partial charge is 0.493 e. The summed E-state index contributed by atoms with van der Waals surface area (Å²) in [5.74, 6) is -2.67. The summed E-state index contributed by atoms with van der Waals surface area (Å²) < 4.78 is 69.0. The maximum Gasteiger partial charge on any atom is 0.471 e. The second-order valence-electron chi connectivity index (χ2n) is 14.7. The van der Waals surface area contributed by atoms with Crippen molar-refractivity contribution in [1.82, 2.24) is 20.4 Å². The molecule has 0 spiro atoms. The Morgan fingerprint density at radius 3 is 2.39 bits per heavy atom. The van der Waals surface area contributed by atoms with Crippen LogP contribution < -0.4 is 34.3 Å². The number of rotatable bonds is 11. The van der Waals surface area contributed by atoms with Gasteiger partial charge in [0.2, 0.25) is 12.7 Å². The number of halogens is 3. The van der Waals surface area contributed by atoms with E-state index in [9.17, 15) is 37.6 Å². The van der Waals surface area contributed by atoms with Gasteiger partial charge in [-0.3, -0.25) is 29.0 Å². The third-order valence-corrected chi connectivity index (χ3v) is 11.2. The van der Waals surface area contributed by atoms with Crippen molar-refractivity contribution in [3.63, 3.8) is 0 Å². The van der Waals surface area contributed by atoms with E-state index in [-0.39, 0.29) is 37.7 Å². The second-order valence-corrected chi connectivity index (χ2v) is 14.7. The van der Waals surface area contributed by atoms with Crippen LogP contribution in [0.2, 0.25) is 0 Å². The summed E-state index contributed by atoms with van der Waals surface area (Å²) in [6.07, 6.45) is -2.01. The van der Waals surface area contributed by atoms with E-state index in [2.05, 4.69) is 16.3 Å². The molecule has 1 fully saturated rings. The molecule has 0 radical (unpaired) electrons. The van der Waals surface area contributed by atoms with Crippen molar-refractivity contribution in [2.24, 2.45) is 0 Å². The van der Waals surface area contributed by atoms with E-state index in [1.54, 1.807) is 12.2 Å². The minimum atomic E-state index is -5.20. The molecule has 1 saturated heterocycles. The fraction of sp³-hybridized carbons (Fsp3) is 0.564. The van der Waals surface area contributed by atoms with Crippen LogP contribution in [0.25, 0.3) is 0 Å². The van der Waals surface area contributed by atoms with Gasteiger partial charge in [-0.15, -0.1) is 0 Å². The smallest absolute Gasteiger partial charge is 0.471 e. The number of nitrogens with zero attached hydrogens (tertiary/aromatic N) is 3. The SMILES string of the molecule is CCCCCC(=O)Oc1c(OC)c(C)cc2c1[C@H]1C3Cc4c(OC(C)=O)c(C)c5c(c4[C@H](CNC(=O)[C@H](C)NC(=O)C(F)(F)F)N3[C@@H](C#N)[C@H](C2)N1C)OCO5. The lowest BCUT2D eigenvalue weighted by Gasteiger charge is -2.60. The first-order chi connectivity index (χ1) is 26.5. The van der Waals surface area contributed by atoms with Gasteiger partial charge in [0.15, 0.2) is 23.0 Å². The molecule has 2 bridgehead atoms. The molecule has 2 aromatic rings. The number of carbonyl (C=O) groups excluding carboxylic acids is 4. The van der Waals surface area contributed by atoms with Gasteiger partial charge in [-0.1, -0.05) is 25.8 Å². The molecule has 2 amide bonds. The molecule has 4 aliphatic rings. The molecular weight excluding hydrogens is 739 g/mol. The predicted molar refractivity (Wildman–Crippen MR) is 192 cm³/mol. The van der Waals surface area contributed by atoms with Gasteiger partial charge >= 0.3 is 24.0 Å². The summed E-state index contributed by atoms with van der Waals surface area (Å²) in [7, 11) is 3.40. The number of amides is 2. The third kappa shape index (κ3) is 7.20. The summed E-state index contributed by atoms with van der Waals surface area (Å²) in [5.41, 5.74) is 3.84. The molecule has 0 aromatic heterocycles. The lowest BCUT2D eigenvalue weighted by Crippen LogP contribution is -2.69. The Morgan fingerprint density at radius 2 is 1.75 bits per heavy atom. The lowest BCUT2D eigenvalue weighted by molar-refractivity contribution is -0.174. The molecule has 4 aliphatic heterocycles. The van der Waals surface area contributed by atoms with Crippen LogP contribution in [0.5, 0.6) is 28.7 Å². The van der Waals surface area contributed by atoms with Gasteiger partial charge in [-0.2, -0.15) is 18.4 Å². The van der Waals surface area contributed by atoms with Crippen LogP contribution in [0, 0.1) is 25.2 Å². The first kappa shape index (κ1) is 40.6. The summed E-state index contributed by atoms with van der Waals surface area (Å²) in [5, 5.41) is 15.3. The summed E-state index contributed by atoms with van der Waals surface area (Å²) >= 11 is 0. The topological polar surface area (TPSA) is 169 Å². The van der Waals surface area contributed by atoms with Gasteiger partial charge in [0.25, 0.3) is 0 Å². The van der Waals surface area contributed by atoms with Crippen LogP contribution in [0.4, 0.5) is 13.2 Å². The van der Waals surface area contributed by atoms with E-state index >= 15 is 0 Å². The molecule has 6 atom stereocenters. The predicted octanol–water partition coefficient (Wildman–Crippen LogP) is 4.41. The maximum atomic E-state index is 13.4. The lowest BCUT2D eigenvalue weighted by atomic mass is 9.71. The number of alkyl halides is 3. The minimum absolute atomic E-state index is 0.162. The standard InChI is InChI=1S/C39H46F3N5O9/c1-8-9-10-11-28(49)56-36-29-22(12-18(2)32(36)52-7)13-24-26(15-43)47-25(31(29)46(24)6)14-23-30(35-34(53-17-54-35)19(3)33(23)55-21(5)48)27(47)16-44-37(50)20(4)45-38(51)39(40,41)42/h12,20,24-27,31H,8-11,13-14,16-17H2,1-7H3,(H,44,50)(H,45,51)/t20-,24-,25?,26-,27-,31+/m0/s1. The Morgan fingerprint density at radius 1 is 1.04 bits per heavy atom. The van der Waals surface area contributed by atoms with E-state index in [0.29, 0.717) is 52.3 Å². The Bertz CT molecular complexity index is 1980. The number of esters is 2. The number of fused-ring (bicyclic) bond motifs is 9. The number of piperazine rings is 1. The Labute approximate surface area is 322 Å². The number of nitrogens with one attached hydrogen (secondary N) is 2. The van der Waals surface area contributed by atoms with Crippen LogP contribution in [0.1, 0.15) is 91.9 Å². The molecule has 0 saturated carbocycles. The van der Waals surface area contributed by atoms with E-state index in [1.165, 1.54) is 14.0 Å². The first-order valence-electron chi connectivity index (χ1n) is 18.6. The molecular formula is C39H46F3N5O9. The molecule has 6 rings (SSSR count). The van der Waals surface area contributed by atoms with Crippen LogP contribution in [-0.2, 0) is 32.0 Å². The zero-order valence-electron chi connectivity index (χ0n) is 32.3. The van der Waals surface area contributed by atoms with Gasteiger partial charge in [-0.25, -0.2) is 0 Å². The quantitative estimate of drug-likeness (QED) is 0.187. The van der Waals surface area contributed by atoms with Crippen molar-refractivity contribution < 1.29 is 56.0 Å². The number of hydrogen-bond donors (Lipinski definition) is 2. The number of methoxy groups -OCH3 is 1. The van der Waals surface area contributed by atoms with E-state index in [4.69, 9.17) is 23.7 Å². The number of hydrogen-bond acceptors (Lipinski definition) is 12. The van der Waals surface area contributed by atoms with Gasteiger partial charge < -0.3 is 34.3 Å². The van der Waals surface area contributed by atoms with Crippen molar-refractivity contribution in [3.05, 3.63) is 39.4 Å². The zero-order chi connectivity index (χ0) is 40.8. The first-order valence-corrected chi connectivity index (χ1v) is 18.6. The highest BCUT2D eigenvalue weighted by Gasteiger charge is 2.57. The summed E-state index contributed by atoms with van der Waals surface area (Å²) in [6.45, 7) is 7.60. The fourth-order valence-electron chi connectivity index (χ4n) is 8.77. The molecule has 0 aliphatic carbocycles. The molecule has 14 nitrogen and oxygen atoms in total. The molecule has 56 heavy (non-hydrogen) atoms. The normalized spacial score (nSPS) is 22.8. The van der Waals surface area contributed by atoms with Crippen molar-refractivity contribution in [3.8, 4) is 34.8 Å². The average Bonchev–Trinajstić information content (AvgIpc) is 3.62. The summed E-state index contributed by atoms with van der Waals surface area (Å²) in [6, 6.07) is -0.358. The number of nitriles is 1. The number of ether oxygens (including phenoxy) is 5. The molecule has 1 unspecified atom stereocenters. The van der Waals surface area contributed by atoms with E-state index in [0.717, 1.165) is 30.9 Å². The Kier molecular flexibility index (Phi) is 11.5. The molecule has 2 N–H and O–H groups in total. The molecule has 17 heteroatoms.